The molecule has 1 aliphatic heterocycles. The molecule has 66 valence electrons. The summed E-state index contributed by atoms with van der Waals surface area (Å²) >= 11 is 2.49. The highest BCUT2D eigenvalue weighted by Gasteiger charge is 2.25. The zero-order chi connectivity index (χ0) is 8.32. The lowest BCUT2D eigenvalue weighted by Crippen LogP contribution is -2.47. The normalized spacial score (nSPS) is 22.1. The van der Waals surface area contributed by atoms with Crippen LogP contribution in [0.4, 0.5) is 0 Å². The number of rotatable bonds is 2. The third kappa shape index (κ3) is 2.58. The fourth-order valence-corrected chi connectivity index (χ4v) is 2.07. The van der Waals surface area contributed by atoms with E-state index >= 15 is 0 Å². The average Bonchev–Trinajstić information content (AvgIpc) is 2.06. The molecule has 0 aromatic carbocycles. The largest absolute Gasteiger partial charge is 0.297 e. The molecule has 0 atom stereocenters. The number of hydrogen-bond donors (Lipinski definition) is 0. The zero-order valence-corrected chi connectivity index (χ0v) is 9.73. The van der Waals surface area contributed by atoms with E-state index in [-0.39, 0.29) is 0 Å². The summed E-state index contributed by atoms with van der Waals surface area (Å²) in [4.78, 5) is 2.63. The van der Waals surface area contributed by atoms with Crippen molar-refractivity contribution in [3.63, 3.8) is 0 Å². The van der Waals surface area contributed by atoms with Gasteiger partial charge in [0.25, 0.3) is 0 Å². The lowest BCUT2D eigenvalue weighted by Gasteiger charge is -2.39. The standard InChI is InChI=1S/C9H18IN/c1-9(2,8-10)11-6-4-3-5-7-11/h3-8H2,1-2H3. The molecule has 11 heavy (non-hydrogen) atoms. The van der Waals surface area contributed by atoms with Crippen LogP contribution >= 0.6 is 22.6 Å². The maximum Gasteiger partial charge on any atom is 0.0242 e. The van der Waals surface area contributed by atoms with E-state index in [1.165, 1.54) is 36.8 Å². The maximum atomic E-state index is 2.63. The Kier molecular flexibility index (Phi) is 3.62. The Morgan fingerprint density at radius 3 is 2.18 bits per heavy atom. The van der Waals surface area contributed by atoms with Crippen LogP contribution in [0.15, 0.2) is 0 Å². The van der Waals surface area contributed by atoms with Crippen LogP contribution in [0.2, 0.25) is 0 Å². The first-order valence-corrected chi connectivity index (χ1v) is 6.00. The highest BCUT2D eigenvalue weighted by molar-refractivity contribution is 14.1. The van der Waals surface area contributed by atoms with Gasteiger partial charge in [0.2, 0.25) is 0 Å². The van der Waals surface area contributed by atoms with E-state index in [2.05, 4.69) is 41.3 Å². The molecule has 1 rings (SSSR count). The van der Waals surface area contributed by atoms with Gasteiger partial charge in [-0.25, -0.2) is 0 Å². The molecule has 0 bridgehead atoms. The van der Waals surface area contributed by atoms with Crippen molar-refractivity contribution >= 4 is 22.6 Å². The fraction of sp³-hybridized carbons (Fsp3) is 1.00. The zero-order valence-electron chi connectivity index (χ0n) is 7.57. The van der Waals surface area contributed by atoms with Gasteiger partial charge >= 0.3 is 0 Å². The summed E-state index contributed by atoms with van der Waals surface area (Å²) in [7, 11) is 0. The summed E-state index contributed by atoms with van der Waals surface area (Å²) in [6, 6.07) is 0. The van der Waals surface area contributed by atoms with Gasteiger partial charge in [-0.3, -0.25) is 4.90 Å². The number of halogens is 1. The summed E-state index contributed by atoms with van der Waals surface area (Å²) in [5.74, 6) is 0. The molecule has 0 unspecified atom stereocenters. The molecule has 2 heteroatoms. The van der Waals surface area contributed by atoms with Gasteiger partial charge in [-0.2, -0.15) is 0 Å². The van der Waals surface area contributed by atoms with Crippen molar-refractivity contribution in [2.75, 3.05) is 17.5 Å². The lowest BCUT2D eigenvalue weighted by atomic mass is 10.0. The first-order chi connectivity index (χ1) is 5.17. The van der Waals surface area contributed by atoms with Gasteiger partial charge in [0.15, 0.2) is 0 Å². The SMILES string of the molecule is CC(C)(CI)N1CCCCC1. The van der Waals surface area contributed by atoms with Crippen molar-refractivity contribution in [1.82, 2.24) is 4.90 Å². The van der Waals surface area contributed by atoms with Crippen molar-refractivity contribution in [3.05, 3.63) is 0 Å². The molecule has 0 aliphatic carbocycles. The molecule has 1 nitrogen and oxygen atoms in total. The molecule has 0 aromatic heterocycles. The van der Waals surface area contributed by atoms with Crippen LogP contribution in [0.5, 0.6) is 0 Å². The molecular formula is C9H18IN. The molecule has 0 aromatic rings. The molecule has 0 radical (unpaired) electrons. The molecule has 1 heterocycles. The van der Waals surface area contributed by atoms with E-state index in [0.717, 1.165) is 0 Å². The predicted molar refractivity (Wildman–Crippen MR) is 58.4 cm³/mol. The third-order valence-corrected chi connectivity index (χ3v) is 4.41. The van der Waals surface area contributed by atoms with Crippen LogP contribution in [-0.4, -0.2) is 28.0 Å². The van der Waals surface area contributed by atoms with Crippen LogP contribution in [0.3, 0.4) is 0 Å². The summed E-state index contributed by atoms with van der Waals surface area (Å²) < 4.78 is 1.24. The second-order valence-corrected chi connectivity index (χ2v) is 4.76. The van der Waals surface area contributed by atoms with Crippen molar-refractivity contribution in [3.8, 4) is 0 Å². The minimum Gasteiger partial charge on any atom is -0.297 e. The molecular weight excluding hydrogens is 249 g/mol. The van der Waals surface area contributed by atoms with E-state index in [9.17, 15) is 0 Å². The van der Waals surface area contributed by atoms with Gasteiger partial charge < -0.3 is 0 Å². The van der Waals surface area contributed by atoms with Crippen LogP contribution < -0.4 is 0 Å². The van der Waals surface area contributed by atoms with Gasteiger partial charge in [0, 0.05) is 9.97 Å². The molecule has 1 aliphatic rings. The molecule has 0 spiro atoms. The fourth-order valence-electron chi connectivity index (χ4n) is 1.58. The summed E-state index contributed by atoms with van der Waals surface area (Å²) in [6.45, 7) is 7.33. The van der Waals surface area contributed by atoms with E-state index in [4.69, 9.17) is 0 Å². The number of hydrogen-bond acceptors (Lipinski definition) is 1. The summed E-state index contributed by atoms with van der Waals surface area (Å²) in [5, 5.41) is 0. The van der Waals surface area contributed by atoms with E-state index in [0.29, 0.717) is 5.54 Å². The van der Waals surface area contributed by atoms with E-state index in [1.54, 1.807) is 0 Å². The Bertz CT molecular complexity index is 117. The Morgan fingerprint density at radius 1 is 1.18 bits per heavy atom. The van der Waals surface area contributed by atoms with Crippen molar-refractivity contribution < 1.29 is 0 Å². The summed E-state index contributed by atoms with van der Waals surface area (Å²) in [6.07, 6.45) is 4.24. The lowest BCUT2D eigenvalue weighted by molar-refractivity contribution is 0.117. The first kappa shape index (κ1) is 9.78. The molecule has 0 saturated carbocycles. The molecule has 1 fully saturated rings. The topological polar surface area (TPSA) is 3.24 Å². The second kappa shape index (κ2) is 4.08. The Hall–Kier alpha value is 0.690. The Labute approximate surface area is 83.7 Å². The van der Waals surface area contributed by atoms with Gasteiger partial charge in [-0.15, -0.1) is 0 Å². The molecule has 0 amide bonds. The highest BCUT2D eigenvalue weighted by atomic mass is 127. The maximum absolute atomic E-state index is 2.63. The van der Waals surface area contributed by atoms with Crippen LogP contribution in [0.1, 0.15) is 33.1 Å². The van der Waals surface area contributed by atoms with Gasteiger partial charge in [-0.05, 0) is 39.8 Å². The number of piperidine rings is 1. The monoisotopic (exact) mass is 267 g/mol. The second-order valence-electron chi connectivity index (χ2n) is 3.99. The van der Waals surface area contributed by atoms with Crippen molar-refractivity contribution in [1.29, 1.82) is 0 Å². The van der Waals surface area contributed by atoms with E-state index < -0.39 is 0 Å². The number of alkyl halides is 1. The minimum absolute atomic E-state index is 0.432. The Morgan fingerprint density at radius 2 is 1.73 bits per heavy atom. The van der Waals surface area contributed by atoms with Crippen LogP contribution in [-0.2, 0) is 0 Å². The highest BCUT2D eigenvalue weighted by Crippen LogP contribution is 2.21. The van der Waals surface area contributed by atoms with Gasteiger partial charge in [0.05, 0.1) is 0 Å². The first-order valence-electron chi connectivity index (χ1n) is 4.48. The predicted octanol–water partition coefficient (Wildman–Crippen LogP) is 2.69. The molecule has 0 N–H and O–H groups in total. The third-order valence-electron chi connectivity index (χ3n) is 2.54. The van der Waals surface area contributed by atoms with Gasteiger partial charge in [0.1, 0.15) is 0 Å². The van der Waals surface area contributed by atoms with Crippen LogP contribution in [0.25, 0.3) is 0 Å². The smallest absolute Gasteiger partial charge is 0.0242 e. The molecule has 1 saturated heterocycles. The van der Waals surface area contributed by atoms with Crippen molar-refractivity contribution in [2.24, 2.45) is 0 Å². The number of likely N-dealkylation sites (tertiary alicyclic amines) is 1. The quantitative estimate of drug-likeness (QED) is 0.549. The van der Waals surface area contributed by atoms with Crippen LogP contribution in [0, 0.1) is 0 Å². The van der Waals surface area contributed by atoms with Crippen molar-refractivity contribution in [2.45, 2.75) is 38.6 Å². The van der Waals surface area contributed by atoms with Gasteiger partial charge in [-0.1, -0.05) is 29.0 Å². The average molecular weight is 267 g/mol. The minimum atomic E-state index is 0.432. The number of nitrogens with zero attached hydrogens (tertiary/aromatic N) is 1. The Balaban J connectivity index is 2.43. The summed E-state index contributed by atoms with van der Waals surface area (Å²) in [5.41, 5.74) is 0.432. The van der Waals surface area contributed by atoms with E-state index in [1.807, 2.05) is 0 Å².